The first-order valence-electron chi connectivity index (χ1n) is 7.77. The van der Waals surface area contributed by atoms with Crippen molar-refractivity contribution < 1.29 is 23.4 Å². The lowest BCUT2D eigenvalue weighted by atomic mass is 10.2. The van der Waals surface area contributed by atoms with Gasteiger partial charge in [-0.25, -0.2) is 4.79 Å². The van der Waals surface area contributed by atoms with E-state index >= 15 is 0 Å². The van der Waals surface area contributed by atoms with E-state index in [0.717, 1.165) is 0 Å². The van der Waals surface area contributed by atoms with Gasteiger partial charge in [0.05, 0.1) is 19.3 Å². The summed E-state index contributed by atoms with van der Waals surface area (Å²) in [5.74, 6) is -0.574. The average molecular weight is 330 g/mol. The van der Waals surface area contributed by atoms with Crippen LogP contribution < -0.4 is 0 Å². The van der Waals surface area contributed by atoms with Gasteiger partial charge in [-0.3, -0.25) is 0 Å². The lowest BCUT2D eigenvalue weighted by molar-refractivity contribution is -0.140. The van der Waals surface area contributed by atoms with Gasteiger partial charge in [-0.1, -0.05) is 20.8 Å². The second kappa shape index (κ2) is 6.72. The number of carbonyl (C=O) groups is 1. The molecule has 1 fully saturated rings. The average Bonchev–Trinajstić information content (AvgIpc) is 2.67. The summed E-state index contributed by atoms with van der Waals surface area (Å²) >= 11 is 0. The standard InChI is InChI=1S/C16H30O5Si/c1-9-18-14(17)10-12(13-11-19-16(5,6)20-13)21-22(7,8)15(2,3)4/h10,13H,9,11H2,1-8H3/b12-10-/t13-/m1/s1. The molecule has 0 amide bonds. The van der Waals surface area contributed by atoms with Crippen LogP contribution in [0.5, 0.6) is 0 Å². The fourth-order valence-electron chi connectivity index (χ4n) is 1.76. The van der Waals surface area contributed by atoms with E-state index in [-0.39, 0.29) is 11.1 Å². The van der Waals surface area contributed by atoms with Crippen molar-refractivity contribution in [2.24, 2.45) is 0 Å². The van der Waals surface area contributed by atoms with E-state index in [2.05, 4.69) is 33.9 Å². The normalized spacial score (nSPS) is 22.5. The van der Waals surface area contributed by atoms with Gasteiger partial charge in [0.25, 0.3) is 0 Å². The fourth-order valence-corrected chi connectivity index (χ4v) is 2.85. The van der Waals surface area contributed by atoms with Crippen LogP contribution in [0.2, 0.25) is 18.1 Å². The highest BCUT2D eigenvalue weighted by Gasteiger charge is 2.43. The first-order valence-corrected chi connectivity index (χ1v) is 10.7. The molecule has 1 saturated heterocycles. The predicted octanol–water partition coefficient (Wildman–Crippen LogP) is 3.61. The van der Waals surface area contributed by atoms with Gasteiger partial charge >= 0.3 is 5.97 Å². The third-order valence-corrected chi connectivity index (χ3v) is 8.41. The molecular formula is C16H30O5Si. The maximum Gasteiger partial charge on any atom is 0.334 e. The molecule has 0 radical (unpaired) electrons. The topological polar surface area (TPSA) is 54.0 Å². The molecule has 0 aromatic rings. The summed E-state index contributed by atoms with van der Waals surface area (Å²) in [6, 6.07) is 0. The van der Waals surface area contributed by atoms with Gasteiger partial charge in [0.15, 0.2) is 5.79 Å². The highest BCUT2D eigenvalue weighted by Crippen LogP contribution is 2.39. The molecule has 5 nitrogen and oxygen atoms in total. The van der Waals surface area contributed by atoms with Crippen LogP contribution >= 0.6 is 0 Å². The van der Waals surface area contributed by atoms with Gasteiger partial charge in [-0.2, -0.15) is 0 Å². The van der Waals surface area contributed by atoms with Crippen LogP contribution in [0.1, 0.15) is 41.5 Å². The van der Waals surface area contributed by atoms with Crippen molar-refractivity contribution in [2.45, 2.75) is 71.6 Å². The summed E-state index contributed by atoms with van der Waals surface area (Å²) in [4.78, 5) is 11.8. The maximum absolute atomic E-state index is 11.8. The third kappa shape index (κ3) is 5.10. The Bertz CT molecular complexity index is 434. The Hall–Kier alpha value is -0.853. The van der Waals surface area contributed by atoms with Crippen molar-refractivity contribution >= 4 is 14.3 Å². The minimum Gasteiger partial charge on any atom is -0.544 e. The number of carbonyl (C=O) groups excluding carboxylic acids is 1. The highest BCUT2D eigenvalue weighted by atomic mass is 28.4. The fraction of sp³-hybridized carbons (Fsp3) is 0.812. The summed E-state index contributed by atoms with van der Waals surface area (Å²) in [5.41, 5.74) is 0. The van der Waals surface area contributed by atoms with Crippen LogP contribution in [0.4, 0.5) is 0 Å². The Balaban J connectivity index is 3.00. The van der Waals surface area contributed by atoms with E-state index < -0.39 is 20.1 Å². The van der Waals surface area contributed by atoms with Crippen LogP contribution in [0.15, 0.2) is 11.8 Å². The van der Waals surface area contributed by atoms with Crippen LogP contribution in [-0.2, 0) is 23.4 Å². The zero-order chi connectivity index (χ0) is 17.2. The first kappa shape index (κ1) is 19.2. The third-order valence-electron chi connectivity index (χ3n) is 4.05. The van der Waals surface area contributed by atoms with Gasteiger partial charge in [0, 0.05) is 0 Å². The molecule has 0 bridgehead atoms. The predicted molar refractivity (Wildman–Crippen MR) is 87.9 cm³/mol. The van der Waals surface area contributed by atoms with Gasteiger partial charge < -0.3 is 18.6 Å². The van der Waals surface area contributed by atoms with E-state index in [0.29, 0.717) is 19.0 Å². The first-order chi connectivity index (χ1) is 9.88. The van der Waals surface area contributed by atoms with Gasteiger partial charge in [0.2, 0.25) is 8.32 Å². The van der Waals surface area contributed by atoms with Crippen molar-refractivity contribution in [3.8, 4) is 0 Å². The van der Waals surface area contributed by atoms with Gasteiger partial charge in [-0.15, -0.1) is 0 Å². The quantitative estimate of drug-likeness (QED) is 0.334. The van der Waals surface area contributed by atoms with Crippen molar-refractivity contribution in [3.63, 3.8) is 0 Å². The summed E-state index contributed by atoms with van der Waals surface area (Å²) in [6.45, 7) is 16.9. The molecule has 1 atom stereocenters. The molecule has 0 unspecified atom stereocenters. The molecule has 1 aliphatic heterocycles. The molecule has 128 valence electrons. The number of esters is 1. The zero-order valence-corrected chi connectivity index (χ0v) is 16.1. The van der Waals surface area contributed by atoms with Crippen molar-refractivity contribution in [1.29, 1.82) is 0 Å². The molecule has 0 N–H and O–H groups in total. The molecule has 0 aromatic heterocycles. The molecule has 22 heavy (non-hydrogen) atoms. The highest BCUT2D eigenvalue weighted by molar-refractivity contribution is 6.74. The molecule has 1 heterocycles. The van der Waals surface area contributed by atoms with E-state index in [1.807, 2.05) is 13.8 Å². The van der Waals surface area contributed by atoms with Gasteiger partial charge in [-0.05, 0) is 38.9 Å². The maximum atomic E-state index is 11.8. The SMILES string of the molecule is CCOC(=O)/C=C(\O[Si](C)(C)C(C)(C)C)[C@H]1COC(C)(C)O1. The van der Waals surface area contributed by atoms with E-state index in [9.17, 15) is 4.79 Å². The largest absolute Gasteiger partial charge is 0.544 e. The Kier molecular flexibility index (Phi) is 5.86. The minimum absolute atomic E-state index is 0.0235. The van der Waals surface area contributed by atoms with Crippen LogP contribution in [-0.4, -0.2) is 39.4 Å². The Morgan fingerprint density at radius 2 is 1.95 bits per heavy atom. The number of hydrogen-bond donors (Lipinski definition) is 0. The summed E-state index contributed by atoms with van der Waals surface area (Å²) in [5, 5.41) is 0.0235. The molecule has 0 aliphatic carbocycles. The molecule has 6 heteroatoms. The van der Waals surface area contributed by atoms with Crippen LogP contribution in [0, 0.1) is 0 Å². The van der Waals surface area contributed by atoms with Crippen molar-refractivity contribution in [3.05, 3.63) is 11.8 Å². The van der Waals surface area contributed by atoms with Crippen LogP contribution in [0.25, 0.3) is 0 Å². The van der Waals surface area contributed by atoms with Crippen LogP contribution in [0.3, 0.4) is 0 Å². The number of rotatable bonds is 5. The molecule has 0 saturated carbocycles. The van der Waals surface area contributed by atoms with E-state index in [1.54, 1.807) is 6.92 Å². The Morgan fingerprint density at radius 3 is 2.36 bits per heavy atom. The van der Waals surface area contributed by atoms with Crippen molar-refractivity contribution in [1.82, 2.24) is 0 Å². The van der Waals surface area contributed by atoms with E-state index in [1.165, 1.54) is 6.08 Å². The van der Waals surface area contributed by atoms with E-state index in [4.69, 9.17) is 18.6 Å². The second-order valence-electron chi connectivity index (χ2n) is 7.48. The molecule has 1 aliphatic rings. The smallest absolute Gasteiger partial charge is 0.334 e. The lowest BCUT2D eigenvalue weighted by Crippen LogP contribution is -2.42. The monoisotopic (exact) mass is 330 g/mol. The molecule has 0 spiro atoms. The number of hydrogen-bond acceptors (Lipinski definition) is 5. The summed E-state index contributed by atoms with van der Waals surface area (Å²) in [6.07, 6.45) is 1.02. The minimum atomic E-state index is -2.08. The molecular weight excluding hydrogens is 300 g/mol. The summed E-state index contributed by atoms with van der Waals surface area (Å²) < 4.78 is 22.7. The van der Waals surface area contributed by atoms with Gasteiger partial charge in [0.1, 0.15) is 11.9 Å². The lowest BCUT2D eigenvalue weighted by Gasteiger charge is -2.38. The Labute approximate surface area is 135 Å². The summed E-state index contributed by atoms with van der Waals surface area (Å²) in [7, 11) is -2.08. The van der Waals surface area contributed by atoms with Crippen molar-refractivity contribution in [2.75, 3.05) is 13.2 Å². The zero-order valence-electron chi connectivity index (χ0n) is 15.1. The Morgan fingerprint density at radius 1 is 1.36 bits per heavy atom. The molecule has 0 aromatic carbocycles. The second-order valence-corrected chi connectivity index (χ2v) is 12.2. The number of ether oxygens (including phenoxy) is 3. The molecule has 1 rings (SSSR count).